The van der Waals surface area contributed by atoms with E-state index in [0.29, 0.717) is 5.69 Å². The molecule has 1 N–H and O–H groups in total. The Morgan fingerprint density at radius 2 is 2.42 bits per heavy atom. The second-order valence-electron chi connectivity index (χ2n) is 2.40. The number of pyridine rings is 1. The van der Waals surface area contributed by atoms with Gasteiger partial charge in [-0.2, -0.15) is 5.26 Å². The van der Waals surface area contributed by atoms with Gasteiger partial charge >= 0.3 is 0 Å². The molecule has 12 heavy (non-hydrogen) atoms. The van der Waals surface area contributed by atoms with Crippen molar-refractivity contribution in [3.05, 3.63) is 28.2 Å². The SMILES string of the molecule is Cc1c(O)c(=O)ccn1CC#N. The molecule has 1 rings (SSSR count). The Morgan fingerprint density at radius 3 is 3.00 bits per heavy atom. The smallest absolute Gasteiger partial charge is 0.223 e. The second kappa shape index (κ2) is 3.09. The first-order valence-electron chi connectivity index (χ1n) is 3.42. The van der Waals surface area contributed by atoms with E-state index >= 15 is 0 Å². The Labute approximate surface area is 69.3 Å². The summed E-state index contributed by atoms with van der Waals surface area (Å²) in [4.78, 5) is 10.9. The summed E-state index contributed by atoms with van der Waals surface area (Å²) in [5, 5.41) is 17.5. The highest BCUT2D eigenvalue weighted by Crippen LogP contribution is 2.08. The maximum Gasteiger partial charge on any atom is 0.223 e. The highest BCUT2D eigenvalue weighted by Gasteiger charge is 2.03. The molecule has 1 aromatic heterocycles. The highest BCUT2D eigenvalue weighted by atomic mass is 16.3. The van der Waals surface area contributed by atoms with Crippen molar-refractivity contribution in [1.82, 2.24) is 4.57 Å². The van der Waals surface area contributed by atoms with Gasteiger partial charge < -0.3 is 9.67 Å². The summed E-state index contributed by atoms with van der Waals surface area (Å²) in [6.45, 7) is 1.73. The van der Waals surface area contributed by atoms with E-state index in [-0.39, 0.29) is 12.3 Å². The third-order valence-corrected chi connectivity index (χ3v) is 1.65. The number of hydrogen-bond acceptors (Lipinski definition) is 3. The number of rotatable bonds is 1. The number of nitriles is 1. The van der Waals surface area contributed by atoms with Gasteiger partial charge in [-0.1, -0.05) is 0 Å². The standard InChI is InChI=1S/C8H8N2O2/c1-6-8(12)7(11)2-4-10(6)5-3-9/h2,4,12H,5H2,1H3. The molecular weight excluding hydrogens is 156 g/mol. The van der Waals surface area contributed by atoms with Crippen molar-refractivity contribution in [2.75, 3.05) is 0 Å². The third kappa shape index (κ3) is 1.30. The molecule has 4 nitrogen and oxygen atoms in total. The molecule has 0 fully saturated rings. The molecule has 1 heterocycles. The van der Waals surface area contributed by atoms with Crippen molar-refractivity contribution in [2.24, 2.45) is 0 Å². The van der Waals surface area contributed by atoms with Crippen LogP contribution in [0.15, 0.2) is 17.1 Å². The fourth-order valence-corrected chi connectivity index (χ4v) is 0.910. The van der Waals surface area contributed by atoms with Crippen LogP contribution >= 0.6 is 0 Å². The third-order valence-electron chi connectivity index (χ3n) is 1.65. The van der Waals surface area contributed by atoms with Crippen LogP contribution in [0.5, 0.6) is 5.75 Å². The zero-order valence-corrected chi connectivity index (χ0v) is 6.61. The van der Waals surface area contributed by atoms with E-state index in [1.54, 1.807) is 6.92 Å². The van der Waals surface area contributed by atoms with Crippen LogP contribution in [-0.4, -0.2) is 9.67 Å². The summed E-state index contributed by atoms with van der Waals surface area (Å²) in [5.74, 6) is -0.284. The van der Waals surface area contributed by atoms with Crippen molar-refractivity contribution in [3.63, 3.8) is 0 Å². The Bertz CT molecular complexity index is 387. The van der Waals surface area contributed by atoms with Crippen LogP contribution in [0.2, 0.25) is 0 Å². The molecule has 0 saturated carbocycles. The summed E-state index contributed by atoms with van der Waals surface area (Å²) in [6.07, 6.45) is 1.49. The van der Waals surface area contributed by atoms with Gasteiger partial charge in [0, 0.05) is 12.3 Å². The first-order chi connectivity index (χ1) is 5.66. The van der Waals surface area contributed by atoms with Crippen molar-refractivity contribution in [1.29, 1.82) is 5.26 Å². The highest BCUT2D eigenvalue weighted by molar-refractivity contribution is 5.25. The zero-order valence-electron chi connectivity index (χ0n) is 6.61. The molecule has 0 radical (unpaired) electrons. The van der Waals surface area contributed by atoms with Crippen molar-refractivity contribution in [2.45, 2.75) is 13.5 Å². The number of nitrogens with zero attached hydrogens (tertiary/aromatic N) is 2. The van der Waals surface area contributed by atoms with Crippen LogP contribution in [0, 0.1) is 18.3 Å². The molecule has 1 aromatic rings. The topological polar surface area (TPSA) is 66.0 Å². The van der Waals surface area contributed by atoms with E-state index in [1.165, 1.54) is 16.8 Å². The molecule has 62 valence electrons. The molecule has 0 bridgehead atoms. The molecule has 0 atom stereocenters. The maximum absolute atomic E-state index is 10.9. The predicted octanol–water partition coefficient (Wildman–Crippen LogP) is 0.386. The van der Waals surface area contributed by atoms with Gasteiger partial charge in [0.15, 0.2) is 5.75 Å². The monoisotopic (exact) mass is 164 g/mol. The fourth-order valence-electron chi connectivity index (χ4n) is 0.910. The lowest BCUT2D eigenvalue weighted by Gasteiger charge is -2.05. The number of hydrogen-bond donors (Lipinski definition) is 1. The molecule has 0 aromatic carbocycles. The average Bonchev–Trinajstić information content (AvgIpc) is 2.07. The summed E-state index contributed by atoms with van der Waals surface area (Å²) in [7, 11) is 0. The molecular formula is C8H8N2O2. The van der Waals surface area contributed by atoms with E-state index in [1.807, 2.05) is 6.07 Å². The summed E-state index contributed by atoms with van der Waals surface area (Å²) in [5.41, 5.74) is 0.00531. The van der Waals surface area contributed by atoms with Gasteiger partial charge in [0.1, 0.15) is 6.54 Å². The molecule has 0 aliphatic heterocycles. The van der Waals surface area contributed by atoms with Gasteiger partial charge in [-0.15, -0.1) is 0 Å². The first-order valence-corrected chi connectivity index (χ1v) is 3.42. The minimum atomic E-state index is -0.415. The summed E-state index contributed by atoms with van der Waals surface area (Å²) in [6, 6.07) is 3.16. The van der Waals surface area contributed by atoms with E-state index in [9.17, 15) is 9.90 Å². The van der Waals surface area contributed by atoms with Gasteiger partial charge in [-0.3, -0.25) is 4.79 Å². The van der Waals surface area contributed by atoms with Crippen LogP contribution in [0.1, 0.15) is 5.69 Å². The van der Waals surface area contributed by atoms with Crippen LogP contribution in [-0.2, 0) is 6.54 Å². The van der Waals surface area contributed by atoms with Crippen molar-refractivity contribution < 1.29 is 5.11 Å². The van der Waals surface area contributed by atoms with Crippen LogP contribution < -0.4 is 5.43 Å². The minimum Gasteiger partial charge on any atom is -0.503 e. The van der Waals surface area contributed by atoms with Crippen LogP contribution in [0.4, 0.5) is 0 Å². The van der Waals surface area contributed by atoms with Gasteiger partial charge in [-0.05, 0) is 6.92 Å². The lowest BCUT2D eigenvalue weighted by Crippen LogP contribution is -2.09. The quantitative estimate of drug-likeness (QED) is 0.652. The molecule has 0 unspecified atom stereocenters. The van der Waals surface area contributed by atoms with E-state index < -0.39 is 5.43 Å². The lowest BCUT2D eigenvalue weighted by molar-refractivity contribution is 0.456. The van der Waals surface area contributed by atoms with Crippen LogP contribution in [0.3, 0.4) is 0 Å². The van der Waals surface area contributed by atoms with Gasteiger partial charge in [-0.25, -0.2) is 0 Å². The predicted molar refractivity (Wildman–Crippen MR) is 42.7 cm³/mol. The Morgan fingerprint density at radius 1 is 1.75 bits per heavy atom. The number of aromatic hydroxyl groups is 1. The van der Waals surface area contributed by atoms with Crippen molar-refractivity contribution >= 4 is 0 Å². The Kier molecular flexibility index (Phi) is 2.15. The number of aromatic nitrogens is 1. The first kappa shape index (κ1) is 8.34. The molecule has 0 aliphatic rings. The van der Waals surface area contributed by atoms with E-state index in [2.05, 4.69) is 0 Å². The lowest BCUT2D eigenvalue weighted by atomic mass is 10.3. The second-order valence-corrected chi connectivity index (χ2v) is 2.40. The fraction of sp³-hybridized carbons (Fsp3) is 0.250. The molecule has 0 spiro atoms. The Hall–Kier alpha value is -1.76. The summed E-state index contributed by atoms with van der Waals surface area (Å²) >= 11 is 0. The minimum absolute atomic E-state index is 0.139. The molecule has 0 saturated heterocycles. The normalized spacial score (nSPS) is 9.33. The van der Waals surface area contributed by atoms with E-state index in [4.69, 9.17) is 5.26 Å². The zero-order chi connectivity index (χ0) is 9.14. The molecule has 0 aliphatic carbocycles. The molecule has 0 amide bonds. The summed E-state index contributed by atoms with van der Waals surface area (Å²) < 4.78 is 1.51. The maximum atomic E-state index is 10.9. The largest absolute Gasteiger partial charge is 0.503 e. The van der Waals surface area contributed by atoms with E-state index in [0.717, 1.165) is 0 Å². The average molecular weight is 164 g/mol. The van der Waals surface area contributed by atoms with Crippen LogP contribution in [0.25, 0.3) is 0 Å². The Balaban J connectivity index is 3.29. The van der Waals surface area contributed by atoms with Gasteiger partial charge in [0.05, 0.1) is 11.8 Å². The van der Waals surface area contributed by atoms with Crippen molar-refractivity contribution in [3.8, 4) is 11.8 Å². The van der Waals surface area contributed by atoms with Gasteiger partial charge in [0.25, 0.3) is 0 Å². The van der Waals surface area contributed by atoms with Gasteiger partial charge in [0.2, 0.25) is 5.43 Å². The molecule has 4 heteroatoms.